The van der Waals surface area contributed by atoms with Crippen LogP contribution in [0.4, 0.5) is 0 Å². The van der Waals surface area contributed by atoms with E-state index in [2.05, 4.69) is 4.74 Å². The van der Waals surface area contributed by atoms with Crippen LogP contribution in [0.3, 0.4) is 0 Å². The quantitative estimate of drug-likeness (QED) is 0.420. The number of hydrogen-bond donors (Lipinski definition) is 0. The summed E-state index contributed by atoms with van der Waals surface area (Å²) in [6.07, 6.45) is 2.01. The molecule has 0 spiro atoms. The Kier molecular flexibility index (Phi) is 0.971. The molecule has 0 saturated carbocycles. The van der Waals surface area contributed by atoms with Gasteiger partial charge in [0.2, 0.25) is 0 Å². The number of esters is 1. The minimum Gasteiger partial charge on any atom is -0.466 e. The van der Waals surface area contributed by atoms with Crippen LogP contribution in [0.1, 0.15) is 20.6 Å². The lowest BCUT2D eigenvalue weighted by Gasteiger charge is -2.08. The van der Waals surface area contributed by atoms with Crippen LogP contribution in [-0.4, -0.2) is 12.6 Å². The molecule has 0 N–H and O–H groups in total. The Hall–Kier alpha value is -0.530. The van der Waals surface area contributed by atoms with Gasteiger partial charge in [-0.3, -0.25) is 4.79 Å². The van der Waals surface area contributed by atoms with Crippen LogP contribution < -0.4 is 0 Å². The van der Waals surface area contributed by atoms with Crippen LogP contribution in [0.15, 0.2) is 0 Å². The van der Waals surface area contributed by atoms with Crippen molar-refractivity contribution in [3.8, 4) is 0 Å². The molecule has 1 fully saturated rings. The summed E-state index contributed by atoms with van der Waals surface area (Å²) < 4.78 is 11.5. The van der Waals surface area contributed by atoms with Crippen molar-refractivity contribution in [3.05, 3.63) is 0 Å². The smallest absolute Gasteiger partial charge is 0.305 e. The molecule has 0 bridgehead atoms. The van der Waals surface area contributed by atoms with Gasteiger partial charge in [-0.2, -0.15) is 0 Å². The number of rotatable bonds is 0. The highest BCUT2D eigenvalue weighted by atomic mass is 16.5. The van der Waals surface area contributed by atoms with Gasteiger partial charge in [0.15, 0.2) is 0 Å². The van der Waals surface area contributed by atoms with Crippen LogP contribution >= 0.6 is 0 Å². The van der Waals surface area contributed by atoms with Gasteiger partial charge in [0.25, 0.3) is 0 Å². The second-order valence-electron chi connectivity index (χ2n) is 1.55. The third-order valence-corrected chi connectivity index (χ3v) is 0.918. The van der Waals surface area contributed by atoms with Crippen LogP contribution in [-0.2, 0) is 9.53 Å². The van der Waals surface area contributed by atoms with Gasteiger partial charge < -0.3 is 4.74 Å². The maximum atomic E-state index is 10.3. The molecule has 2 nitrogen and oxygen atoms in total. The molecule has 1 rings (SSSR count). The third-order valence-electron chi connectivity index (χ3n) is 0.918. The molecule has 1 saturated heterocycles. The van der Waals surface area contributed by atoms with Gasteiger partial charge in [-0.1, -0.05) is 0 Å². The number of carbonyl (C=O) groups is 1. The van der Waals surface area contributed by atoms with Crippen molar-refractivity contribution in [1.29, 1.82) is 0 Å². The topological polar surface area (TPSA) is 26.3 Å². The molecule has 7 heavy (non-hydrogen) atoms. The summed E-state index contributed by atoms with van der Waals surface area (Å²) in [4.78, 5) is 10.3. The normalized spacial score (nSPS) is 34.0. The zero-order chi connectivity index (χ0) is 5.98. The van der Waals surface area contributed by atoms with Crippen molar-refractivity contribution in [2.75, 3.05) is 6.58 Å². The molecule has 1 heterocycles. The molecule has 0 amide bonds. The minimum absolute atomic E-state index is 0.226. The van der Waals surface area contributed by atoms with Gasteiger partial charge in [-0.15, -0.1) is 0 Å². The fourth-order valence-corrected chi connectivity index (χ4v) is 0.541. The fraction of sp³-hybridized carbons (Fsp3) is 0.800. The monoisotopic (exact) mass is 101 g/mol. The number of carbonyl (C=O) groups excluding carboxylic acids is 1. The van der Waals surface area contributed by atoms with Gasteiger partial charge in [0.05, 0.1) is 7.95 Å². The summed E-state index contributed by atoms with van der Waals surface area (Å²) in [5, 5.41) is 0. The second-order valence-corrected chi connectivity index (χ2v) is 1.55. The average Bonchev–Trinajstić information content (AvgIpc) is 1.64. The van der Waals surface area contributed by atoms with Gasteiger partial charge >= 0.3 is 5.97 Å². The molecule has 0 aliphatic carbocycles. The summed E-state index contributed by atoms with van der Waals surface area (Å²) in [5.41, 5.74) is 0. The summed E-state index contributed by atoms with van der Waals surface area (Å²) in [5.74, 6) is -0.226. The number of cyclic esters (lactones) is 1. The number of ether oxygens (including phenoxy) is 1. The Balaban J connectivity index is 2.34. The molecule has 0 aromatic heterocycles. The Morgan fingerprint density at radius 2 is 2.57 bits per heavy atom. The summed E-state index contributed by atoms with van der Waals surface area (Å²) in [6, 6.07) is 0. The molecule has 1 atom stereocenters. The Morgan fingerprint density at radius 1 is 1.71 bits per heavy atom. The fourth-order valence-electron chi connectivity index (χ4n) is 0.541. The summed E-state index contributed by atoms with van der Waals surface area (Å²) in [6.45, 7) is -0.587. The Labute approximate surface area is 43.9 Å². The maximum absolute atomic E-state index is 10.3. The van der Waals surface area contributed by atoms with Crippen LogP contribution in [0.2, 0.25) is 0 Å². The highest BCUT2D eigenvalue weighted by Gasteiger charge is 2.06. The summed E-state index contributed by atoms with van der Waals surface area (Å²) >= 11 is 0. The zero-order valence-electron chi connectivity index (χ0n) is 5.02. The average molecular weight is 101 g/mol. The zero-order valence-corrected chi connectivity index (χ0v) is 4.02. The van der Waals surface area contributed by atoms with Gasteiger partial charge in [-0.05, 0) is 12.8 Å². The van der Waals surface area contributed by atoms with E-state index in [1.807, 2.05) is 0 Å². The van der Waals surface area contributed by atoms with Crippen molar-refractivity contribution in [2.24, 2.45) is 0 Å². The predicted octanol–water partition coefficient (Wildman–Crippen LogP) is 0.714. The van der Waals surface area contributed by atoms with E-state index in [0.29, 0.717) is 12.8 Å². The van der Waals surface area contributed by atoms with Crippen molar-refractivity contribution >= 4 is 5.97 Å². The van der Waals surface area contributed by atoms with E-state index in [4.69, 9.17) is 1.37 Å². The van der Waals surface area contributed by atoms with Gasteiger partial charge in [-0.25, -0.2) is 0 Å². The van der Waals surface area contributed by atoms with Crippen molar-refractivity contribution in [3.63, 3.8) is 0 Å². The van der Waals surface area contributed by atoms with Crippen LogP contribution in [0.25, 0.3) is 0 Å². The van der Waals surface area contributed by atoms with Crippen molar-refractivity contribution < 1.29 is 10.9 Å². The predicted molar refractivity (Wildman–Crippen MR) is 24.8 cm³/mol. The summed E-state index contributed by atoms with van der Waals surface area (Å²) in [7, 11) is 0. The molecule has 0 aromatic rings. The van der Waals surface area contributed by atoms with E-state index >= 15 is 0 Å². The van der Waals surface area contributed by atoms with Gasteiger partial charge in [0.1, 0.15) is 0 Å². The van der Waals surface area contributed by atoms with E-state index in [1.165, 1.54) is 0 Å². The van der Waals surface area contributed by atoms with Crippen molar-refractivity contribution in [1.82, 2.24) is 0 Å². The molecular weight excluding hydrogens is 92.1 g/mol. The first-order valence-electron chi connectivity index (χ1n) is 2.98. The lowest BCUT2D eigenvalue weighted by Crippen LogP contribution is -2.10. The van der Waals surface area contributed by atoms with Crippen LogP contribution in [0.5, 0.6) is 0 Å². The molecule has 0 aromatic carbocycles. The first-order valence-corrected chi connectivity index (χ1v) is 2.41. The Bertz CT molecular complexity index is 103. The lowest BCUT2D eigenvalue weighted by molar-refractivity contribution is -0.146. The van der Waals surface area contributed by atoms with E-state index in [0.717, 1.165) is 6.42 Å². The molecule has 1 aliphatic rings. The first kappa shape index (κ1) is 3.47. The number of hydrogen-bond acceptors (Lipinski definition) is 2. The molecular formula is C5H8O2. The highest BCUT2D eigenvalue weighted by molar-refractivity contribution is 5.69. The van der Waals surface area contributed by atoms with Crippen LogP contribution in [0, 0.1) is 0 Å². The molecule has 40 valence electrons. The van der Waals surface area contributed by atoms with E-state index in [1.54, 1.807) is 0 Å². The second kappa shape index (κ2) is 1.96. The largest absolute Gasteiger partial charge is 0.466 e. The molecule has 1 unspecified atom stereocenters. The lowest BCUT2D eigenvalue weighted by atomic mass is 10.2. The Morgan fingerprint density at radius 3 is 3.00 bits per heavy atom. The molecule has 1 aliphatic heterocycles. The standard InChI is InChI=1S/C5H8O2/c6-5-3-1-2-4-7-5/h1-4H2/i4D. The van der Waals surface area contributed by atoms with E-state index in [9.17, 15) is 4.79 Å². The van der Waals surface area contributed by atoms with Crippen molar-refractivity contribution in [2.45, 2.75) is 19.3 Å². The SMILES string of the molecule is [2H]C1CCCC(=O)O1. The van der Waals surface area contributed by atoms with E-state index < -0.39 is 6.58 Å². The minimum atomic E-state index is -0.587. The first-order chi connectivity index (χ1) is 3.79. The molecule has 2 heteroatoms. The maximum Gasteiger partial charge on any atom is 0.305 e. The van der Waals surface area contributed by atoms with E-state index in [-0.39, 0.29) is 5.97 Å². The van der Waals surface area contributed by atoms with Gasteiger partial charge in [0, 0.05) is 6.42 Å². The molecule has 0 radical (unpaired) electrons. The highest BCUT2D eigenvalue weighted by Crippen LogP contribution is 2.04. The third kappa shape index (κ3) is 1.18.